The molecule has 3 aromatic rings. The van der Waals surface area contributed by atoms with Crippen LogP contribution in [0.15, 0.2) is 66.0 Å². The zero-order chi connectivity index (χ0) is 21.1. The number of nitrogens with one attached hydrogen (secondary N) is 1. The van der Waals surface area contributed by atoms with Gasteiger partial charge in [0, 0.05) is 23.4 Å². The highest BCUT2D eigenvalue weighted by molar-refractivity contribution is 7.10. The molecule has 1 aliphatic rings. The van der Waals surface area contributed by atoms with Gasteiger partial charge in [-0.05, 0) is 46.7 Å². The van der Waals surface area contributed by atoms with Crippen LogP contribution >= 0.6 is 22.9 Å². The monoisotopic (exact) mass is 438 g/mol. The molecule has 4 nitrogen and oxygen atoms in total. The number of halogens is 1. The zero-order valence-corrected chi connectivity index (χ0v) is 18.2. The van der Waals surface area contributed by atoms with E-state index in [1.54, 1.807) is 23.5 Å². The fraction of sp³-hybridized carbons (Fsp3) is 0.250. The van der Waals surface area contributed by atoms with Crippen LogP contribution in [0.1, 0.15) is 47.0 Å². The molecule has 0 radical (unpaired) electrons. The molecule has 0 spiro atoms. The minimum absolute atomic E-state index is 0.0226. The average Bonchev–Trinajstić information content (AvgIpc) is 3.22. The fourth-order valence-electron chi connectivity index (χ4n) is 4.06. The van der Waals surface area contributed by atoms with Crippen LogP contribution in [-0.2, 0) is 16.0 Å². The number of carbonyl (C=O) groups is 2. The van der Waals surface area contributed by atoms with E-state index >= 15 is 0 Å². The molecule has 2 atom stereocenters. The second-order valence-electron chi connectivity index (χ2n) is 7.46. The van der Waals surface area contributed by atoms with Gasteiger partial charge in [-0.1, -0.05) is 54.1 Å². The smallest absolute Gasteiger partial charge is 0.225 e. The van der Waals surface area contributed by atoms with E-state index in [0.29, 0.717) is 11.6 Å². The van der Waals surface area contributed by atoms with Gasteiger partial charge in [0.15, 0.2) is 0 Å². The second-order valence-corrected chi connectivity index (χ2v) is 8.90. The van der Waals surface area contributed by atoms with Gasteiger partial charge >= 0.3 is 0 Å². The summed E-state index contributed by atoms with van der Waals surface area (Å²) in [5, 5.41) is 5.65. The Morgan fingerprint density at radius 2 is 1.87 bits per heavy atom. The summed E-state index contributed by atoms with van der Waals surface area (Å²) in [6, 6.07) is 19.1. The summed E-state index contributed by atoms with van der Waals surface area (Å²) in [5.74, 6) is -0.143. The molecule has 0 saturated heterocycles. The Bertz CT molecular complexity index is 1030. The fourth-order valence-corrected chi connectivity index (χ4v) is 5.09. The molecular formula is C24H23ClN2O2S. The highest BCUT2D eigenvalue weighted by atomic mass is 35.5. The SMILES string of the molecule is CC(=O)N[C@H](CC(=O)N1CCc2sccc2[C@H]1c1ccccc1)c1ccc(Cl)cc1. The van der Waals surface area contributed by atoms with Crippen molar-refractivity contribution in [1.29, 1.82) is 0 Å². The number of amides is 2. The van der Waals surface area contributed by atoms with Crippen molar-refractivity contribution >= 4 is 34.8 Å². The number of rotatable bonds is 5. The van der Waals surface area contributed by atoms with Crippen molar-refractivity contribution < 1.29 is 9.59 Å². The predicted molar refractivity (Wildman–Crippen MR) is 121 cm³/mol. The molecule has 0 unspecified atom stereocenters. The molecule has 6 heteroatoms. The number of hydrogen-bond donors (Lipinski definition) is 1. The lowest BCUT2D eigenvalue weighted by atomic mass is 9.92. The molecule has 0 aliphatic carbocycles. The molecular weight excluding hydrogens is 416 g/mol. The van der Waals surface area contributed by atoms with Crippen molar-refractivity contribution in [3.05, 3.63) is 92.6 Å². The number of benzene rings is 2. The zero-order valence-electron chi connectivity index (χ0n) is 16.7. The Hall–Kier alpha value is -2.63. The largest absolute Gasteiger partial charge is 0.349 e. The Morgan fingerprint density at radius 1 is 1.13 bits per heavy atom. The molecule has 2 amide bonds. The Kier molecular flexibility index (Phi) is 6.21. The van der Waals surface area contributed by atoms with Crippen LogP contribution in [0, 0.1) is 0 Å². The molecule has 0 fully saturated rings. The summed E-state index contributed by atoms with van der Waals surface area (Å²) in [6.07, 6.45) is 1.05. The maximum atomic E-state index is 13.5. The molecule has 1 aliphatic heterocycles. The lowest BCUT2D eigenvalue weighted by molar-refractivity contribution is -0.134. The Balaban J connectivity index is 1.63. The van der Waals surface area contributed by atoms with Crippen molar-refractivity contribution in [3.8, 4) is 0 Å². The van der Waals surface area contributed by atoms with E-state index in [0.717, 1.165) is 17.5 Å². The molecule has 4 rings (SSSR count). The summed E-state index contributed by atoms with van der Waals surface area (Å²) in [4.78, 5) is 28.6. The van der Waals surface area contributed by atoms with Gasteiger partial charge in [0.25, 0.3) is 0 Å². The number of fused-ring (bicyclic) bond motifs is 1. The average molecular weight is 439 g/mol. The first-order valence-electron chi connectivity index (χ1n) is 9.96. The number of thiophene rings is 1. The molecule has 30 heavy (non-hydrogen) atoms. The maximum Gasteiger partial charge on any atom is 0.225 e. The van der Waals surface area contributed by atoms with E-state index in [9.17, 15) is 9.59 Å². The summed E-state index contributed by atoms with van der Waals surface area (Å²) < 4.78 is 0. The van der Waals surface area contributed by atoms with Gasteiger partial charge in [-0.25, -0.2) is 0 Å². The summed E-state index contributed by atoms with van der Waals surface area (Å²) >= 11 is 7.76. The number of hydrogen-bond acceptors (Lipinski definition) is 3. The normalized spacial score (nSPS) is 16.6. The highest BCUT2D eigenvalue weighted by Crippen LogP contribution is 2.38. The molecule has 0 saturated carbocycles. The van der Waals surface area contributed by atoms with E-state index in [1.807, 2.05) is 35.2 Å². The topological polar surface area (TPSA) is 49.4 Å². The van der Waals surface area contributed by atoms with Crippen LogP contribution < -0.4 is 5.32 Å². The first kappa shape index (κ1) is 20.6. The molecule has 0 bridgehead atoms. The van der Waals surface area contributed by atoms with Gasteiger partial charge in [0.1, 0.15) is 0 Å². The predicted octanol–water partition coefficient (Wildman–Crippen LogP) is 5.14. The second kappa shape index (κ2) is 9.02. The van der Waals surface area contributed by atoms with Crippen LogP contribution in [0.4, 0.5) is 0 Å². The summed E-state index contributed by atoms with van der Waals surface area (Å²) in [6.45, 7) is 2.14. The van der Waals surface area contributed by atoms with Crippen LogP contribution in [0.3, 0.4) is 0 Å². The quantitative estimate of drug-likeness (QED) is 0.599. The van der Waals surface area contributed by atoms with Gasteiger partial charge in [-0.15, -0.1) is 11.3 Å². The third-order valence-electron chi connectivity index (χ3n) is 5.43. The van der Waals surface area contributed by atoms with Crippen LogP contribution in [0.25, 0.3) is 0 Å². The van der Waals surface area contributed by atoms with Gasteiger partial charge in [-0.3, -0.25) is 9.59 Å². The van der Waals surface area contributed by atoms with Crippen molar-refractivity contribution in [1.82, 2.24) is 10.2 Å². The molecule has 1 N–H and O–H groups in total. The van der Waals surface area contributed by atoms with Crippen molar-refractivity contribution in [2.45, 2.75) is 31.8 Å². The minimum Gasteiger partial charge on any atom is -0.349 e. The summed E-state index contributed by atoms with van der Waals surface area (Å²) in [5.41, 5.74) is 3.17. The van der Waals surface area contributed by atoms with E-state index in [2.05, 4.69) is 28.9 Å². The van der Waals surface area contributed by atoms with Gasteiger partial charge in [-0.2, -0.15) is 0 Å². The first-order chi connectivity index (χ1) is 14.5. The number of nitrogens with zero attached hydrogens (tertiary/aromatic N) is 1. The van der Waals surface area contributed by atoms with Crippen molar-refractivity contribution in [2.24, 2.45) is 0 Å². The lowest BCUT2D eigenvalue weighted by Gasteiger charge is -2.37. The van der Waals surface area contributed by atoms with E-state index < -0.39 is 6.04 Å². The maximum absolute atomic E-state index is 13.5. The Morgan fingerprint density at radius 3 is 2.57 bits per heavy atom. The third-order valence-corrected chi connectivity index (χ3v) is 6.68. The van der Waals surface area contributed by atoms with E-state index in [-0.39, 0.29) is 24.3 Å². The van der Waals surface area contributed by atoms with Gasteiger partial charge in [0.2, 0.25) is 11.8 Å². The van der Waals surface area contributed by atoms with Crippen LogP contribution in [-0.4, -0.2) is 23.3 Å². The summed E-state index contributed by atoms with van der Waals surface area (Å²) in [7, 11) is 0. The van der Waals surface area contributed by atoms with E-state index in [4.69, 9.17) is 11.6 Å². The first-order valence-corrected chi connectivity index (χ1v) is 11.2. The Labute approximate surface area is 185 Å². The minimum atomic E-state index is -0.396. The van der Waals surface area contributed by atoms with Gasteiger partial charge < -0.3 is 10.2 Å². The van der Waals surface area contributed by atoms with Crippen LogP contribution in [0.2, 0.25) is 5.02 Å². The number of carbonyl (C=O) groups excluding carboxylic acids is 2. The van der Waals surface area contributed by atoms with Crippen LogP contribution in [0.5, 0.6) is 0 Å². The molecule has 1 aromatic heterocycles. The molecule has 2 heterocycles. The molecule has 2 aromatic carbocycles. The van der Waals surface area contributed by atoms with Gasteiger partial charge in [0.05, 0.1) is 18.5 Å². The third kappa shape index (κ3) is 4.42. The van der Waals surface area contributed by atoms with E-state index in [1.165, 1.54) is 17.4 Å². The van der Waals surface area contributed by atoms with Crippen molar-refractivity contribution in [2.75, 3.05) is 6.54 Å². The van der Waals surface area contributed by atoms with Crippen molar-refractivity contribution in [3.63, 3.8) is 0 Å². The molecule has 154 valence electrons. The lowest BCUT2D eigenvalue weighted by Crippen LogP contribution is -2.42. The standard InChI is InChI=1S/C24H23ClN2O2S/c1-16(28)26-21(17-7-9-19(25)10-8-17)15-23(29)27-13-11-22-20(12-14-30-22)24(27)18-5-3-2-4-6-18/h2-10,12,14,21,24H,11,13,15H2,1H3,(H,26,28)/t21-,24-/m1/s1. The highest BCUT2D eigenvalue weighted by Gasteiger charge is 2.33.